The summed E-state index contributed by atoms with van der Waals surface area (Å²) in [5, 5.41) is 1.79. The highest BCUT2D eigenvalue weighted by Gasteiger charge is 2.31. The van der Waals surface area contributed by atoms with Gasteiger partial charge in [0.1, 0.15) is 4.21 Å². The third-order valence-corrected chi connectivity index (χ3v) is 6.49. The Labute approximate surface area is 106 Å². The highest BCUT2D eigenvalue weighted by molar-refractivity contribution is 7.91. The number of thiophene rings is 1. The summed E-state index contributed by atoms with van der Waals surface area (Å²) in [5.41, 5.74) is 5.87. The van der Waals surface area contributed by atoms with E-state index < -0.39 is 10.0 Å². The first-order valence-corrected chi connectivity index (χ1v) is 8.13. The molecule has 1 fully saturated rings. The van der Waals surface area contributed by atoms with Crippen molar-refractivity contribution in [3.8, 4) is 0 Å². The fourth-order valence-corrected chi connectivity index (χ4v) is 4.84. The number of nitrogens with two attached hydrogens (primary N) is 1. The second-order valence-corrected chi connectivity index (χ2v) is 7.67. The Hall–Kier alpha value is -0.430. The van der Waals surface area contributed by atoms with Crippen molar-refractivity contribution in [3.63, 3.8) is 0 Å². The maximum absolute atomic E-state index is 12.3. The molecule has 0 amide bonds. The summed E-state index contributed by atoms with van der Waals surface area (Å²) in [4.78, 5) is 0. The van der Waals surface area contributed by atoms with Crippen molar-refractivity contribution in [2.45, 2.75) is 30.0 Å². The molecule has 2 N–H and O–H groups in total. The Morgan fingerprint density at radius 3 is 2.94 bits per heavy atom. The molecule has 1 aromatic rings. The van der Waals surface area contributed by atoms with Crippen LogP contribution in [-0.2, 0) is 10.0 Å². The van der Waals surface area contributed by atoms with Crippen LogP contribution in [0, 0.1) is 5.92 Å². The molecule has 0 aromatic carbocycles. The second kappa shape index (κ2) is 5.06. The molecule has 0 bridgehead atoms. The lowest BCUT2D eigenvalue weighted by Crippen LogP contribution is -2.44. The van der Waals surface area contributed by atoms with Gasteiger partial charge in [-0.2, -0.15) is 4.31 Å². The SMILES string of the molecule is CC(N)C1CCCN(S(=O)(=O)c2cccs2)C1. The van der Waals surface area contributed by atoms with Gasteiger partial charge < -0.3 is 5.73 Å². The molecule has 0 radical (unpaired) electrons. The van der Waals surface area contributed by atoms with Gasteiger partial charge in [-0.3, -0.25) is 0 Å². The van der Waals surface area contributed by atoms with Gasteiger partial charge in [-0.05, 0) is 37.1 Å². The molecule has 2 atom stereocenters. The van der Waals surface area contributed by atoms with Crippen molar-refractivity contribution >= 4 is 21.4 Å². The highest BCUT2D eigenvalue weighted by Crippen LogP contribution is 2.27. The Bertz CT molecular complexity index is 454. The van der Waals surface area contributed by atoms with Gasteiger partial charge in [-0.15, -0.1) is 11.3 Å². The fraction of sp³-hybridized carbons (Fsp3) is 0.636. The summed E-state index contributed by atoms with van der Waals surface area (Å²) >= 11 is 1.27. The monoisotopic (exact) mass is 274 g/mol. The Morgan fingerprint density at radius 2 is 2.35 bits per heavy atom. The predicted octanol–water partition coefficient (Wildman–Crippen LogP) is 1.50. The van der Waals surface area contributed by atoms with Crippen molar-refractivity contribution < 1.29 is 8.42 Å². The lowest BCUT2D eigenvalue weighted by atomic mass is 9.93. The normalized spacial score (nSPS) is 24.7. The summed E-state index contributed by atoms with van der Waals surface area (Å²) in [6.45, 7) is 3.12. The first kappa shape index (κ1) is 13.0. The Morgan fingerprint density at radius 1 is 1.59 bits per heavy atom. The number of rotatable bonds is 3. The van der Waals surface area contributed by atoms with Gasteiger partial charge in [-0.25, -0.2) is 8.42 Å². The zero-order valence-electron chi connectivity index (χ0n) is 9.87. The number of hydrogen-bond acceptors (Lipinski definition) is 4. The average molecular weight is 274 g/mol. The molecule has 1 aliphatic heterocycles. The number of nitrogens with zero attached hydrogens (tertiary/aromatic N) is 1. The molecular weight excluding hydrogens is 256 g/mol. The van der Waals surface area contributed by atoms with Crippen LogP contribution in [0.1, 0.15) is 19.8 Å². The van der Waals surface area contributed by atoms with Crippen LogP contribution in [0.25, 0.3) is 0 Å². The number of piperidine rings is 1. The maximum atomic E-state index is 12.3. The summed E-state index contributed by atoms with van der Waals surface area (Å²) in [7, 11) is -3.29. The molecule has 0 saturated carbocycles. The van der Waals surface area contributed by atoms with Crippen LogP contribution in [-0.4, -0.2) is 31.9 Å². The summed E-state index contributed by atoms with van der Waals surface area (Å²) in [6, 6.07) is 3.48. The molecule has 1 aliphatic rings. The average Bonchev–Trinajstić information content (AvgIpc) is 2.83. The van der Waals surface area contributed by atoms with Gasteiger partial charge in [-0.1, -0.05) is 6.07 Å². The highest BCUT2D eigenvalue weighted by atomic mass is 32.2. The first-order chi connectivity index (χ1) is 8.01. The molecule has 2 unspecified atom stereocenters. The molecule has 1 aromatic heterocycles. The maximum Gasteiger partial charge on any atom is 0.252 e. The van der Waals surface area contributed by atoms with Gasteiger partial charge in [0.05, 0.1) is 0 Å². The van der Waals surface area contributed by atoms with Gasteiger partial charge in [0.25, 0.3) is 10.0 Å². The van der Waals surface area contributed by atoms with Crippen LogP contribution in [0.4, 0.5) is 0 Å². The first-order valence-electron chi connectivity index (χ1n) is 5.81. The molecule has 0 aliphatic carbocycles. The van der Waals surface area contributed by atoms with Crippen LogP contribution in [0.15, 0.2) is 21.7 Å². The van der Waals surface area contributed by atoms with E-state index in [9.17, 15) is 8.42 Å². The van der Waals surface area contributed by atoms with Crippen molar-refractivity contribution in [3.05, 3.63) is 17.5 Å². The van der Waals surface area contributed by atoms with E-state index in [1.165, 1.54) is 11.3 Å². The summed E-state index contributed by atoms with van der Waals surface area (Å²) in [5.74, 6) is 0.276. The van der Waals surface area contributed by atoms with Gasteiger partial charge in [0, 0.05) is 19.1 Å². The zero-order valence-corrected chi connectivity index (χ0v) is 11.5. The third-order valence-electron chi connectivity index (χ3n) is 3.25. The van der Waals surface area contributed by atoms with Gasteiger partial charge >= 0.3 is 0 Å². The summed E-state index contributed by atoms with van der Waals surface area (Å²) < 4.78 is 26.6. The van der Waals surface area contributed by atoms with Crippen molar-refractivity contribution in [2.75, 3.05) is 13.1 Å². The number of sulfonamides is 1. The summed E-state index contributed by atoms with van der Waals surface area (Å²) in [6.07, 6.45) is 1.92. The van der Waals surface area contributed by atoms with Crippen LogP contribution < -0.4 is 5.73 Å². The molecule has 2 heterocycles. The van der Waals surface area contributed by atoms with Crippen LogP contribution in [0.2, 0.25) is 0 Å². The van der Waals surface area contributed by atoms with Crippen LogP contribution in [0.3, 0.4) is 0 Å². The molecule has 0 spiro atoms. The van der Waals surface area contributed by atoms with E-state index in [4.69, 9.17) is 5.73 Å². The minimum atomic E-state index is -3.29. The standard InChI is InChI=1S/C11H18N2O2S2/c1-9(12)10-4-2-6-13(8-10)17(14,15)11-5-3-7-16-11/h3,5,7,9-10H,2,4,6,8,12H2,1H3. The quantitative estimate of drug-likeness (QED) is 0.908. The second-order valence-electron chi connectivity index (χ2n) is 4.56. The van der Waals surface area contributed by atoms with Crippen LogP contribution in [0.5, 0.6) is 0 Å². The smallest absolute Gasteiger partial charge is 0.252 e. The van der Waals surface area contributed by atoms with E-state index >= 15 is 0 Å². The van der Waals surface area contributed by atoms with Crippen LogP contribution >= 0.6 is 11.3 Å². The van der Waals surface area contributed by atoms with Crippen molar-refractivity contribution in [1.29, 1.82) is 0 Å². The largest absolute Gasteiger partial charge is 0.328 e. The van der Waals surface area contributed by atoms with Crippen molar-refractivity contribution in [1.82, 2.24) is 4.31 Å². The number of hydrogen-bond donors (Lipinski definition) is 1. The van der Waals surface area contributed by atoms with E-state index in [0.717, 1.165) is 12.8 Å². The third kappa shape index (κ3) is 2.70. The molecular formula is C11H18N2O2S2. The molecule has 1 saturated heterocycles. The zero-order chi connectivity index (χ0) is 12.5. The van der Waals surface area contributed by atoms with Crippen molar-refractivity contribution in [2.24, 2.45) is 11.7 Å². The predicted molar refractivity (Wildman–Crippen MR) is 69.5 cm³/mol. The Kier molecular flexibility index (Phi) is 3.87. The van der Waals surface area contributed by atoms with E-state index in [-0.39, 0.29) is 12.0 Å². The van der Waals surface area contributed by atoms with Gasteiger partial charge in [0.15, 0.2) is 0 Å². The lowest BCUT2D eigenvalue weighted by Gasteiger charge is -2.33. The van der Waals surface area contributed by atoms with E-state index in [1.807, 2.05) is 6.92 Å². The topological polar surface area (TPSA) is 63.4 Å². The Balaban J connectivity index is 2.17. The molecule has 4 nitrogen and oxygen atoms in total. The van der Waals surface area contributed by atoms with E-state index in [2.05, 4.69) is 0 Å². The minimum Gasteiger partial charge on any atom is -0.328 e. The van der Waals surface area contributed by atoms with E-state index in [1.54, 1.807) is 21.8 Å². The molecule has 96 valence electrons. The lowest BCUT2D eigenvalue weighted by molar-refractivity contribution is 0.243. The minimum absolute atomic E-state index is 0.0522. The van der Waals surface area contributed by atoms with Gasteiger partial charge in [0.2, 0.25) is 0 Å². The molecule has 2 rings (SSSR count). The molecule has 6 heteroatoms. The fourth-order valence-electron chi connectivity index (χ4n) is 2.16. The molecule has 17 heavy (non-hydrogen) atoms. The van der Waals surface area contributed by atoms with E-state index in [0.29, 0.717) is 17.3 Å².